The Morgan fingerprint density at radius 3 is 2.73 bits per heavy atom. The third kappa shape index (κ3) is 5.59. The van der Waals surface area contributed by atoms with Gasteiger partial charge in [0, 0.05) is 34.6 Å². The molecule has 2 aromatic carbocycles. The molecule has 0 spiro atoms. The van der Waals surface area contributed by atoms with Crippen LogP contribution in [0.25, 0.3) is 0 Å². The van der Waals surface area contributed by atoms with E-state index in [1.165, 1.54) is 17.3 Å². The number of benzene rings is 2. The van der Waals surface area contributed by atoms with E-state index in [1.54, 1.807) is 6.21 Å². The molecule has 5 nitrogen and oxygen atoms in total. The van der Waals surface area contributed by atoms with Crippen molar-refractivity contribution in [2.24, 2.45) is 15.9 Å². The second-order valence-corrected chi connectivity index (χ2v) is 7.67. The van der Waals surface area contributed by atoms with Gasteiger partial charge < -0.3 is 15.4 Å². The van der Waals surface area contributed by atoms with Crippen molar-refractivity contribution in [3.8, 4) is 0 Å². The van der Waals surface area contributed by atoms with Crippen molar-refractivity contribution in [2.45, 2.75) is 5.75 Å². The monoisotopic (exact) mass is 432 g/mol. The molecule has 2 aromatic rings. The lowest BCUT2D eigenvalue weighted by molar-refractivity contribution is 0.122. The Morgan fingerprint density at radius 1 is 1.19 bits per heavy atom. The lowest BCUT2D eigenvalue weighted by atomic mass is 10.1. The van der Waals surface area contributed by atoms with E-state index < -0.39 is 0 Å². The van der Waals surface area contributed by atoms with Crippen LogP contribution in [0.5, 0.6) is 0 Å². The summed E-state index contributed by atoms with van der Waals surface area (Å²) in [7, 11) is 0. The van der Waals surface area contributed by atoms with Crippen molar-refractivity contribution < 1.29 is 4.74 Å². The average molecular weight is 433 g/mol. The SMILES string of the molecule is NC(=NN=Cc1ccc(Br)cc1N1CCOCC1)SCc1ccccc1. The summed E-state index contributed by atoms with van der Waals surface area (Å²) in [5, 5.41) is 8.75. The van der Waals surface area contributed by atoms with Crippen LogP contribution in [0.3, 0.4) is 0 Å². The van der Waals surface area contributed by atoms with Crippen LogP contribution in [-0.2, 0) is 10.5 Å². The molecule has 0 bridgehead atoms. The van der Waals surface area contributed by atoms with Gasteiger partial charge in [-0.1, -0.05) is 64.1 Å². The van der Waals surface area contributed by atoms with E-state index in [2.05, 4.69) is 49.2 Å². The Labute approximate surface area is 166 Å². The van der Waals surface area contributed by atoms with Crippen LogP contribution in [0.15, 0.2) is 63.2 Å². The molecule has 1 saturated heterocycles. The fourth-order valence-corrected chi connectivity index (χ4v) is 3.57. The Hall–Kier alpha value is -1.83. The second-order valence-electron chi connectivity index (χ2n) is 5.76. The van der Waals surface area contributed by atoms with Crippen molar-refractivity contribution in [3.63, 3.8) is 0 Å². The summed E-state index contributed by atoms with van der Waals surface area (Å²) in [5.74, 6) is 0.781. The molecule has 0 atom stereocenters. The third-order valence-electron chi connectivity index (χ3n) is 3.93. The molecule has 0 aromatic heterocycles. The summed E-state index contributed by atoms with van der Waals surface area (Å²) in [4.78, 5) is 2.30. The van der Waals surface area contributed by atoms with Crippen LogP contribution in [0.1, 0.15) is 11.1 Å². The number of hydrogen-bond acceptors (Lipinski definition) is 5. The molecule has 0 aliphatic carbocycles. The van der Waals surface area contributed by atoms with Crippen molar-refractivity contribution in [1.82, 2.24) is 0 Å². The topological polar surface area (TPSA) is 63.2 Å². The first kappa shape index (κ1) is 18.9. The summed E-state index contributed by atoms with van der Waals surface area (Å²) in [6, 6.07) is 16.3. The highest BCUT2D eigenvalue weighted by atomic mass is 79.9. The van der Waals surface area contributed by atoms with Crippen LogP contribution < -0.4 is 10.6 Å². The molecule has 1 heterocycles. The van der Waals surface area contributed by atoms with Crippen molar-refractivity contribution in [2.75, 3.05) is 31.2 Å². The minimum absolute atomic E-state index is 0.454. The van der Waals surface area contributed by atoms with Crippen LogP contribution in [0.2, 0.25) is 0 Å². The summed E-state index contributed by atoms with van der Waals surface area (Å²) in [6.07, 6.45) is 1.76. The maximum absolute atomic E-state index is 5.96. The Kier molecular flexibility index (Phi) is 7.11. The normalized spacial score (nSPS) is 15.6. The smallest absolute Gasteiger partial charge is 0.180 e. The highest BCUT2D eigenvalue weighted by Crippen LogP contribution is 2.25. The number of anilines is 1. The maximum atomic E-state index is 5.96. The molecule has 0 saturated carbocycles. The molecule has 3 rings (SSSR count). The number of thioether (sulfide) groups is 1. The average Bonchev–Trinajstić information content (AvgIpc) is 2.69. The molecule has 26 heavy (non-hydrogen) atoms. The number of morpholine rings is 1. The number of halogens is 1. The lowest BCUT2D eigenvalue weighted by Gasteiger charge is -2.30. The van der Waals surface area contributed by atoms with Crippen LogP contribution in [0.4, 0.5) is 5.69 Å². The van der Waals surface area contributed by atoms with Gasteiger partial charge in [-0.2, -0.15) is 5.10 Å². The first-order chi connectivity index (χ1) is 12.7. The van der Waals surface area contributed by atoms with Gasteiger partial charge in [-0.15, -0.1) is 5.10 Å². The first-order valence-electron chi connectivity index (χ1n) is 8.38. The molecule has 0 unspecified atom stereocenters. The Morgan fingerprint density at radius 2 is 1.96 bits per heavy atom. The van der Waals surface area contributed by atoms with Crippen molar-refractivity contribution >= 4 is 44.8 Å². The van der Waals surface area contributed by atoms with E-state index >= 15 is 0 Å². The zero-order valence-corrected chi connectivity index (χ0v) is 16.7. The van der Waals surface area contributed by atoms with Gasteiger partial charge in [-0.25, -0.2) is 0 Å². The number of nitrogens with two attached hydrogens (primary N) is 1. The molecule has 1 aliphatic heterocycles. The van der Waals surface area contributed by atoms with Crippen molar-refractivity contribution in [1.29, 1.82) is 0 Å². The van der Waals surface area contributed by atoms with E-state index in [0.717, 1.165) is 47.8 Å². The van der Waals surface area contributed by atoms with Gasteiger partial charge in [0.1, 0.15) is 0 Å². The van der Waals surface area contributed by atoms with Crippen LogP contribution in [0, 0.1) is 0 Å². The van der Waals surface area contributed by atoms with Gasteiger partial charge in [0.25, 0.3) is 0 Å². The fourth-order valence-electron chi connectivity index (χ4n) is 2.61. The van der Waals surface area contributed by atoms with E-state index in [9.17, 15) is 0 Å². The van der Waals surface area contributed by atoms with E-state index in [0.29, 0.717) is 5.17 Å². The minimum atomic E-state index is 0.454. The highest BCUT2D eigenvalue weighted by Gasteiger charge is 2.14. The number of ether oxygens (including phenoxy) is 1. The molecule has 1 aliphatic rings. The molecule has 7 heteroatoms. The number of rotatable bonds is 5. The molecule has 136 valence electrons. The quantitative estimate of drug-likeness (QED) is 0.442. The zero-order valence-electron chi connectivity index (χ0n) is 14.3. The molecule has 1 fully saturated rings. The van der Waals surface area contributed by atoms with E-state index in [1.807, 2.05) is 30.3 Å². The molecule has 0 amide bonds. The Balaban J connectivity index is 1.65. The second kappa shape index (κ2) is 9.75. The lowest BCUT2D eigenvalue weighted by Crippen LogP contribution is -2.36. The van der Waals surface area contributed by atoms with Gasteiger partial charge in [-0.3, -0.25) is 0 Å². The summed E-state index contributed by atoms with van der Waals surface area (Å²) >= 11 is 5.02. The molecule has 0 radical (unpaired) electrons. The van der Waals surface area contributed by atoms with Gasteiger partial charge in [0.05, 0.1) is 19.4 Å². The van der Waals surface area contributed by atoms with Crippen LogP contribution in [-0.4, -0.2) is 37.7 Å². The van der Waals surface area contributed by atoms with Gasteiger partial charge in [0.2, 0.25) is 0 Å². The van der Waals surface area contributed by atoms with Crippen LogP contribution >= 0.6 is 27.7 Å². The maximum Gasteiger partial charge on any atom is 0.180 e. The molecular weight excluding hydrogens is 412 g/mol. The van der Waals surface area contributed by atoms with E-state index in [-0.39, 0.29) is 0 Å². The summed E-state index contributed by atoms with van der Waals surface area (Å²) in [5.41, 5.74) is 9.30. The summed E-state index contributed by atoms with van der Waals surface area (Å²) in [6.45, 7) is 3.22. The highest BCUT2D eigenvalue weighted by molar-refractivity contribution is 9.10. The van der Waals surface area contributed by atoms with Crippen molar-refractivity contribution in [3.05, 3.63) is 64.1 Å². The summed E-state index contributed by atoms with van der Waals surface area (Å²) < 4.78 is 6.48. The third-order valence-corrected chi connectivity index (χ3v) is 5.28. The predicted octanol–water partition coefficient (Wildman–Crippen LogP) is 3.87. The molecule has 2 N–H and O–H groups in total. The molecular formula is C19H21BrN4OS. The van der Waals surface area contributed by atoms with Gasteiger partial charge in [0.15, 0.2) is 5.17 Å². The Bertz CT molecular complexity index is 776. The first-order valence-corrected chi connectivity index (χ1v) is 10.2. The number of hydrogen-bond donors (Lipinski definition) is 1. The zero-order chi connectivity index (χ0) is 18.2. The largest absolute Gasteiger partial charge is 0.378 e. The minimum Gasteiger partial charge on any atom is -0.378 e. The van der Waals surface area contributed by atoms with E-state index in [4.69, 9.17) is 10.5 Å². The fraction of sp³-hybridized carbons (Fsp3) is 0.263. The number of nitrogens with zero attached hydrogens (tertiary/aromatic N) is 3. The van der Waals surface area contributed by atoms with Gasteiger partial charge >= 0.3 is 0 Å². The predicted molar refractivity (Wildman–Crippen MR) is 114 cm³/mol. The van der Waals surface area contributed by atoms with Gasteiger partial charge in [-0.05, 0) is 17.7 Å². The standard InChI is InChI=1S/C19H21BrN4OS/c20-17-7-6-16(18(12-17)24-8-10-25-11-9-24)13-22-23-19(21)26-14-15-4-2-1-3-5-15/h1-7,12-13H,8-11,14H2,(H2,21,23). The number of amidine groups is 1.